The smallest absolute Gasteiger partial charge is 0.243 e. The summed E-state index contributed by atoms with van der Waals surface area (Å²) in [6, 6.07) is 5.65. The lowest BCUT2D eigenvalue weighted by molar-refractivity contribution is -0.312. The molecule has 0 N–H and O–H groups in total. The SMILES string of the molecule is CC(=O)c1ccc(S(=O)(=O)N2CCC[C@@H](C(=O)[O-])C2)cc1. The van der Waals surface area contributed by atoms with Gasteiger partial charge in [-0.15, -0.1) is 0 Å². The first-order chi connectivity index (χ1) is 9.82. The maximum atomic E-state index is 12.5. The number of sulfonamides is 1. The highest BCUT2D eigenvalue weighted by atomic mass is 32.2. The first-order valence-corrected chi connectivity index (χ1v) is 8.08. The Kier molecular flexibility index (Phi) is 4.43. The summed E-state index contributed by atoms with van der Waals surface area (Å²) in [5.74, 6) is -2.14. The van der Waals surface area contributed by atoms with Crippen molar-refractivity contribution in [2.75, 3.05) is 13.1 Å². The summed E-state index contributed by atoms with van der Waals surface area (Å²) in [6.07, 6.45) is 0.918. The van der Waals surface area contributed by atoms with Crippen LogP contribution in [0, 0.1) is 5.92 Å². The van der Waals surface area contributed by atoms with Crippen LogP contribution in [-0.2, 0) is 14.8 Å². The number of Topliss-reactive ketones (excluding diaryl/α,β-unsaturated/α-hetero) is 1. The van der Waals surface area contributed by atoms with Crippen LogP contribution in [0.3, 0.4) is 0 Å². The molecule has 1 atom stereocenters. The zero-order valence-electron chi connectivity index (χ0n) is 11.6. The quantitative estimate of drug-likeness (QED) is 0.732. The first-order valence-electron chi connectivity index (χ1n) is 6.64. The van der Waals surface area contributed by atoms with Crippen LogP contribution in [0.5, 0.6) is 0 Å². The Morgan fingerprint density at radius 1 is 1.24 bits per heavy atom. The van der Waals surface area contributed by atoms with Crippen LogP contribution in [-0.4, -0.2) is 37.6 Å². The van der Waals surface area contributed by atoms with E-state index in [-0.39, 0.29) is 17.2 Å². The predicted molar refractivity (Wildman–Crippen MR) is 72.9 cm³/mol. The Bertz CT molecular complexity index is 650. The second kappa shape index (κ2) is 5.95. The number of carboxylic acids is 1. The van der Waals surface area contributed by atoms with Crippen molar-refractivity contribution >= 4 is 21.8 Å². The van der Waals surface area contributed by atoms with Gasteiger partial charge in [0.05, 0.1) is 4.90 Å². The zero-order chi connectivity index (χ0) is 15.6. The normalized spacial score (nSPS) is 20.1. The topological polar surface area (TPSA) is 94.6 Å². The van der Waals surface area contributed by atoms with Crippen molar-refractivity contribution in [3.8, 4) is 0 Å². The number of piperidine rings is 1. The van der Waals surface area contributed by atoms with Gasteiger partial charge in [-0.25, -0.2) is 8.42 Å². The molecule has 0 radical (unpaired) electrons. The number of aliphatic carboxylic acids is 1. The van der Waals surface area contributed by atoms with E-state index in [4.69, 9.17) is 0 Å². The minimum atomic E-state index is -3.74. The molecule has 21 heavy (non-hydrogen) atoms. The van der Waals surface area contributed by atoms with Gasteiger partial charge in [0, 0.05) is 30.5 Å². The number of hydrogen-bond acceptors (Lipinski definition) is 5. The molecule has 0 aromatic heterocycles. The number of rotatable bonds is 4. The Hall–Kier alpha value is -1.73. The van der Waals surface area contributed by atoms with E-state index in [1.807, 2.05) is 0 Å². The van der Waals surface area contributed by atoms with Crippen LogP contribution < -0.4 is 5.11 Å². The van der Waals surface area contributed by atoms with Gasteiger partial charge in [-0.3, -0.25) is 4.79 Å². The summed E-state index contributed by atoms with van der Waals surface area (Å²) < 4.78 is 26.1. The maximum absolute atomic E-state index is 12.5. The highest BCUT2D eigenvalue weighted by Gasteiger charge is 2.30. The van der Waals surface area contributed by atoms with E-state index in [0.29, 0.717) is 24.9 Å². The minimum Gasteiger partial charge on any atom is -0.550 e. The molecule has 6 nitrogen and oxygen atoms in total. The number of nitrogens with zero attached hydrogens (tertiary/aromatic N) is 1. The lowest BCUT2D eigenvalue weighted by atomic mass is 10.0. The highest BCUT2D eigenvalue weighted by Crippen LogP contribution is 2.23. The standard InChI is InChI=1S/C14H17NO5S/c1-10(16)11-4-6-13(7-5-11)21(19,20)15-8-2-3-12(9-15)14(17)18/h4-7,12H,2-3,8-9H2,1H3,(H,17,18)/p-1/t12-/m1/s1. The number of carbonyl (C=O) groups is 2. The van der Waals surface area contributed by atoms with Crippen LogP contribution in [0.15, 0.2) is 29.2 Å². The molecule has 0 bridgehead atoms. The van der Waals surface area contributed by atoms with Gasteiger partial charge in [0.15, 0.2) is 5.78 Å². The molecule has 0 saturated carbocycles. The number of hydrogen-bond donors (Lipinski definition) is 0. The van der Waals surface area contributed by atoms with E-state index in [0.717, 1.165) is 0 Å². The molecule has 1 heterocycles. The summed E-state index contributed by atoms with van der Waals surface area (Å²) in [5.41, 5.74) is 0.431. The van der Waals surface area contributed by atoms with E-state index in [1.54, 1.807) is 0 Å². The molecule has 114 valence electrons. The summed E-state index contributed by atoms with van der Waals surface area (Å²) >= 11 is 0. The molecule has 1 aromatic carbocycles. The van der Waals surface area contributed by atoms with Crippen molar-refractivity contribution in [1.82, 2.24) is 4.31 Å². The Morgan fingerprint density at radius 2 is 1.86 bits per heavy atom. The fraction of sp³-hybridized carbons (Fsp3) is 0.429. The Morgan fingerprint density at radius 3 is 2.38 bits per heavy atom. The predicted octanol–water partition coefficient (Wildman–Crippen LogP) is 0.0398. The molecular weight excluding hydrogens is 294 g/mol. The summed E-state index contributed by atoms with van der Waals surface area (Å²) in [6.45, 7) is 1.62. The summed E-state index contributed by atoms with van der Waals surface area (Å²) in [4.78, 5) is 22.2. The van der Waals surface area contributed by atoms with Gasteiger partial charge in [-0.2, -0.15) is 4.31 Å². The molecule has 1 saturated heterocycles. The molecule has 0 aliphatic carbocycles. The highest BCUT2D eigenvalue weighted by molar-refractivity contribution is 7.89. The fourth-order valence-electron chi connectivity index (χ4n) is 2.36. The van der Waals surface area contributed by atoms with E-state index >= 15 is 0 Å². The molecule has 2 rings (SSSR count). The molecule has 0 unspecified atom stereocenters. The Balaban J connectivity index is 2.24. The van der Waals surface area contributed by atoms with Gasteiger partial charge >= 0.3 is 0 Å². The third kappa shape index (κ3) is 3.30. The van der Waals surface area contributed by atoms with E-state index < -0.39 is 21.9 Å². The lowest BCUT2D eigenvalue weighted by Gasteiger charge is -2.32. The molecule has 7 heteroatoms. The summed E-state index contributed by atoms with van der Waals surface area (Å²) in [7, 11) is -3.74. The monoisotopic (exact) mass is 310 g/mol. The van der Waals surface area contributed by atoms with Crippen molar-refractivity contribution in [3.63, 3.8) is 0 Å². The van der Waals surface area contributed by atoms with E-state index in [2.05, 4.69) is 0 Å². The molecule has 0 spiro atoms. The number of ketones is 1. The van der Waals surface area contributed by atoms with Gasteiger partial charge in [-0.05, 0) is 31.9 Å². The number of carbonyl (C=O) groups excluding carboxylic acids is 2. The molecule has 1 aromatic rings. The lowest BCUT2D eigenvalue weighted by Crippen LogP contribution is -2.46. The average Bonchev–Trinajstić information content (AvgIpc) is 2.47. The van der Waals surface area contributed by atoms with Crippen LogP contribution in [0.25, 0.3) is 0 Å². The van der Waals surface area contributed by atoms with Gasteiger partial charge in [0.1, 0.15) is 0 Å². The molecule has 1 aliphatic rings. The largest absolute Gasteiger partial charge is 0.550 e. The number of carboxylic acid groups (broad SMARTS) is 1. The second-order valence-corrected chi connectivity index (χ2v) is 7.04. The molecular formula is C14H16NO5S-. The second-order valence-electron chi connectivity index (χ2n) is 5.10. The Labute approximate surface area is 123 Å². The van der Waals surface area contributed by atoms with Gasteiger partial charge in [0.25, 0.3) is 0 Å². The first kappa shape index (κ1) is 15.7. The van der Waals surface area contributed by atoms with Gasteiger partial charge in [-0.1, -0.05) is 12.1 Å². The average molecular weight is 310 g/mol. The fourth-order valence-corrected chi connectivity index (χ4v) is 3.89. The number of benzene rings is 1. The van der Waals surface area contributed by atoms with E-state index in [1.165, 1.54) is 35.5 Å². The van der Waals surface area contributed by atoms with Crippen LogP contribution in [0.2, 0.25) is 0 Å². The van der Waals surface area contributed by atoms with Crippen LogP contribution >= 0.6 is 0 Å². The third-order valence-electron chi connectivity index (χ3n) is 3.62. The third-order valence-corrected chi connectivity index (χ3v) is 5.50. The van der Waals surface area contributed by atoms with Gasteiger partial charge < -0.3 is 9.90 Å². The van der Waals surface area contributed by atoms with Crippen molar-refractivity contribution in [1.29, 1.82) is 0 Å². The minimum absolute atomic E-state index is 0.0616. The van der Waals surface area contributed by atoms with Gasteiger partial charge in [0.2, 0.25) is 10.0 Å². The van der Waals surface area contributed by atoms with Crippen LogP contribution in [0.4, 0.5) is 0 Å². The molecule has 1 aliphatic heterocycles. The van der Waals surface area contributed by atoms with Crippen molar-refractivity contribution in [2.45, 2.75) is 24.7 Å². The molecule has 0 amide bonds. The van der Waals surface area contributed by atoms with Crippen LogP contribution in [0.1, 0.15) is 30.1 Å². The summed E-state index contributed by atoms with van der Waals surface area (Å²) in [5, 5.41) is 10.9. The zero-order valence-corrected chi connectivity index (χ0v) is 12.4. The van der Waals surface area contributed by atoms with Crippen molar-refractivity contribution < 1.29 is 23.1 Å². The molecule has 1 fully saturated rings. The maximum Gasteiger partial charge on any atom is 0.243 e. The van der Waals surface area contributed by atoms with Crippen molar-refractivity contribution in [2.24, 2.45) is 5.92 Å². The van der Waals surface area contributed by atoms with E-state index in [9.17, 15) is 23.1 Å². The van der Waals surface area contributed by atoms with Crippen molar-refractivity contribution in [3.05, 3.63) is 29.8 Å².